The highest BCUT2D eigenvalue weighted by Gasteiger charge is 2.13. The van der Waals surface area contributed by atoms with E-state index >= 15 is 0 Å². The Morgan fingerprint density at radius 3 is 1.50 bits per heavy atom. The van der Waals surface area contributed by atoms with Crippen LogP contribution in [0, 0.1) is 5.41 Å². The van der Waals surface area contributed by atoms with E-state index in [-0.39, 0.29) is 18.6 Å². The van der Waals surface area contributed by atoms with E-state index in [1.165, 1.54) is 0 Å². The number of rotatable bonds is 2. The molecule has 1 rings (SSSR count). The molecule has 0 saturated carbocycles. The van der Waals surface area contributed by atoms with Crippen LogP contribution in [0.5, 0.6) is 0 Å². The third-order valence-corrected chi connectivity index (χ3v) is 1.06. The second-order valence-corrected chi connectivity index (χ2v) is 3.09. The monoisotopic (exact) mass is 148 g/mol. The number of hydrogen-bond acceptors (Lipinski definition) is 3. The number of aliphatic hydroxyl groups is 2. The fourth-order valence-electron chi connectivity index (χ4n) is 0.0500. The molecule has 1 fully saturated rings. The maximum atomic E-state index is 8.43. The van der Waals surface area contributed by atoms with Gasteiger partial charge in [-0.3, -0.25) is 0 Å². The van der Waals surface area contributed by atoms with Gasteiger partial charge >= 0.3 is 0 Å². The lowest BCUT2D eigenvalue weighted by molar-refractivity contribution is 0.0857. The molecule has 0 amide bonds. The van der Waals surface area contributed by atoms with Crippen LogP contribution < -0.4 is 0 Å². The smallest absolute Gasteiger partial charge is 0.0701 e. The molecule has 0 unspecified atom stereocenters. The summed E-state index contributed by atoms with van der Waals surface area (Å²) in [6.45, 7) is 5.69. The van der Waals surface area contributed by atoms with Crippen molar-refractivity contribution < 1.29 is 14.9 Å². The topological polar surface area (TPSA) is 53.0 Å². The molecule has 0 aliphatic carbocycles. The van der Waals surface area contributed by atoms with Gasteiger partial charge in [-0.15, -0.1) is 0 Å². The van der Waals surface area contributed by atoms with Gasteiger partial charge in [0.05, 0.1) is 26.4 Å². The molecule has 62 valence electrons. The summed E-state index contributed by atoms with van der Waals surface area (Å²) >= 11 is 0. The molecule has 0 atom stereocenters. The highest BCUT2D eigenvalue weighted by molar-refractivity contribution is 4.62. The summed E-state index contributed by atoms with van der Waals surface area (Å²) in [6.07, 6.45) is 0. The lowest BCUT2D eigenvalue weighted by Gasteiger charge is -2.16. The van der Waals surface area contributed by atoms with Crippen molar-refractivity contribution in [1.82, 2.24) is 0 Å². The van der Waals surface area contributed by atoms with Crippen LogP contribution in [0.1, 0.15) is 13.8 Å². The van der Waals surface area contributed by atoms with Crippen LogP contribution in [0.2, 0.25) is 0 Å². The van der Waals surface area contributed by atoms with Gasteiger partial charge in [-0.2, -0.15) is 0 Å². The molecule has 1 aliphatic rings. The summed E-state index contributed by atoms with van der Waals surface area (Å²) in [4.78, 5) is 0. The second kappa shape index (κ2) is 4.66. The van der Waals surface area contributed by atoms with Crippen molar-refractivity contribution >= 4 is 0 Å². The van der Waals surface area contributed by atoms with E-state index in [9.17, 15) is 0 Å². The fourth-order valence-corrected chi connectivity index (χ4v) is 0.0500. The van der Waals surface area contributed by atoms with Gasteiger partial charge in [0.1, 0.15) is 0 Å². The van der Waals surface area contributed by atoms with Gasteiger partial charge in [-0.1, -0.05) is 13.8 Å². The first kappa shape index (κ1) is 9.88. The Morgan fingerprint density at radius 2 is 1.50 bits per heavy atom. The molecule has 0 aromatic rings. The maximum absolute atomic E-state index is 8.43. The molecule has 3 nitrogen and oxygen atoms in total. The lowest BCUT2D eigenvalue weighted by Crippen LogP contribution is -2.20. The Hall–Kier alpha value is -0.120. The highest BCUT2D eigenvalue weighted by atomic mass is 16.6. The van der Waals surface area contributed by atoms with E-state index in [0.717, 1.165) is 13.2 Å². The van der Waals surface area contributed by atoms with E-state index in [2.05, 4.69) is 4.74 Å². The third-order valence-electron chi connectivity index (χ3n) is 1.06. The summed E-state index contributed by atoms with van der Waals surface area (Å²) in [5.41, 5.74) is -0.306. The normalized spacial score (nSPS) is 15.6. The molecular weight excluding hydrogens is 132 g/mol. The van der Waals surface area contributed by atoms with Crippen molar-refractivity contribution in [1.29, 1.82) is 0 Å². The zero-order valence-corrected chi connectivity index (χ0v) is 6.63. The Bertz CT molecular complexity index is 70.2. The Balaban J connectivity index is 0.000000219. The Labute approximate surface area is 61.6 Å². The van der Waals surface area contributed by atoms with Gasteiger partial charge < -0.3 is 14.9 Å². The van der Waals surface area contributed by atoms with Crippen molar-refractivity contribution in [3.05, 3.63) is 0 Å². The van der Waals surface area contributed by atoms with E-state index in [0.29, 0.717) is 0 Å². The van der Waals surface area contributed by atoms with Gasteiger partial charge in [0.25, 0.3) is 0 Å². The second-order valence-electron chi connectivity index (χ2n) is 3.09. The van der Waals surface area contributed by atoms with Gasteiger partial charge in [-0.05, 0) is 0 Å². The van der Waals surface area contributed by atoms with Crippen LogP contribution in [-0.2, 0) is 4.74 Å². The molecule has 1 saturated heterocycles. The maximum Gasteiger partial charge on any atom is 0.0701 e. The van der Waals surface area contributed by atoms with Gasteiger partial charge in [0.15, 0.2) is 0 Å². The molecule has 0 bridgehead atoms. The average Bonchev–Trinajstić information content (AvgIpc) is 2.73. The highest BCUT2D eigenvalue weighted by Crippen LogP contribution is 2.10. The lowest BCUT2D eigenvalue weighted by atomic mass is 9.97. The van der Waals surface area contributed by atoms with Crippen LogP contribution in [0.3, 0.4) is 0 Å². The number of ether oxygens (including phenoxy) is 1. The Kier molecular flexibility index (Phi) is 4.60. The minimum absolute atomic E-state index is 0.0451. The van der Waals surface area contributed by atoms with Gasteiger partial charge in [0, 0.05) is 5.41 Å². The quantitative estimate of drug-likeness (QED) is 0.542. The summed E-state index contributed by atoms with van der Waals surface area (Å²) in [7, 11) is 0. The molecule has 10 heavy (non-hydrogen) atoms. The van der Waals surface area contributed by atoms with Crippen LogP contribution in [0.4, 0.5) is 0 Å². The molecule has 0 aromatic heterocycles. The van der Waals surface area contributed by atoms with Crippen LogP contribution >= 0.6 is 0 Å². The van der Waals surface area contributed by atoms with Crippen molar-refractivity contribution in [3.8, 4) is 0 Å². The Morgan fingerprint density at radius 1 is 1.20 bits per heavy atom. The molecule has 1 heterocycles. The first-order valence-corrected chi connectivity index (χ1v) is 3.42. The standard InChI is InChI=1S/C5H12O2.C2H4O/c1-5(2,3-6)4-7;1-2-3-1/h6-7H,3-4H2,1-2H3;1-2H2. The molecule has 0 radical (unpaired) electrons. The summed E-state index contributed by atoms with van der Waals surface area (Å²) in [5.74, 6) is 0. The largest absolute Gasteiger partial charge is 0.396 e. The fraction of sp³-hybridized carbons (Fsp3) is 1.00. The number of hydrogen-bond donors (Lipinski definition) is 2. The predicted molar refractivity (Wildman–Crippen MR) is 38.8 cm³/mol. The SMILES string of the molecule is C1CO1.CC(C)(CO)CO. The molecular formula is C7H16O3. The van der Waals surface area contributed by atoms with Crippen molar-refractivity contribution in [2.45, 2.75) is 13.8 Å². The zero-order valence-electron chi connectivity index (χ0n) is 6.63. The first-order valence-electron chi connectivity index (χ1n) is 3.42. The van der Waals surface area contributed by atoms with E-state index in [1.807, 2.05) is 0 Å². The molecule has 3 heteroatoms. The minimum atomic E-state index is -0.306. The van der Waals surface area contributed by atoms with E-state index < -0.39 is 0 Å². The van der Waals surface area contributed by atoms with Gasteiger partial charge in [0.2, 0.25) is 0 Å². The molecule has 0 spiro atoms. The van der Waals surface area contributed by atoms with E-state index in [4.69, 9.17) is 10.2 Å². The average molecular weight is 148 g/mol. The summed E-state index contributed by atoms with van der Waals surface area (Å²) < 4.78 is 4.50. The summed E-state index contributed by atoms with van der Waals surface area (Å²) in [5, 5.41) is 16.9. The minimum Gasteiger partial charge on any atom is -0.396 e. The molecule has 2 N–H and O–H groups in total. The van der Waals surface area contributed by atoms with Gasteiger partial charge in [-0.25, -0.2) is 0 Å². The molecule has 0 aromatic carbocycles. The van der Waals surface area contributed by atoms with Crippen LogP contribution in [0.15, 0.2) is 0 Å². The zero-order chi connectivity index (χ0) is 8.04. The van der Waals surface area contributed by atoms with Crippen molar-refractivity contribution in [2.75, 3.05) is 26.4 Å². The third kappa shape index (κ3) is 7.88. The predicted octanol–water partition coefficient (Wildman–Crippen LogP) is 0.0138. The van der Waals surface area contributed by atoms with Crippen molar-refractivity contribution in [3.63, 3.8) is 0 Å². The van der Waals surface area contributed by atoms with E-state index in [1.54, 1.807) is 13.8 Å². The first-order chi connectivity index (χ1) is 4.62. The number of aliphatic hydroxyl groups excluding tert-OH is 2. The number of epoxide rings is 1. The summed E-state index contributed by atoms with van der Waals surface area (Å²) in [6, 6.07) is 0. The molecule has 1 aliphatic heterocycles. The van der Waals surface area contributed by atoms with Crippen molar-refractivity contribution in [2.24, 2.45) is 5.41 Å². The van der Waals surface area contributed by atoms with Crippen LogP contribution in [-0.4, -0.2) is 36.6 Å². The van der Waals surface area contributed by atoms with Crippen LogP contribution in [0.25, 0.3) is 0 Å².